The normalized spacial score (nSPS) is 16.8. The lowest BCUT2D eigenvalue weighted by molar-refractivity contribution is 0.104. The molecule has 1 aromatic carbocycles. The van der Waals surface area contributed by atoms with Crippen molar-refractivity contribution in [1.82, 2.24) is 9.80 Å². The Morgan fingerprint density at radius 3 is 2.57 bits per heavy atom. The topological polar surface area (TPSA) is 26.7 Å². The van der Waals surface area contributed by atoms with Gasteiger partial charge in [0.1, 0.15) is 12.4 Å². The van der Waals surface area contributed by atoms with Crippen molar-refractivity contribution in [2.75, 3.05) is 32.8 Å². The summed E-state index contributed by atoms with van der Waals surface area (Å²) in [5, 5.41) is 8.71. The number of nitrogens with zero attached hydrogens (tertiary/aromatic N) is 2. The number of hydrogen-bond acceptors (Lipinski definition) is 3. The van der Waals surface area contributed by atoms with E-state index in [0.717, 1.165) is 38.3 Å². The van der Waals surface area contributed by atoms with Crippen LogP contribution in [0.5, 0.6) is 0 Å². The van der Waals surface area contributed by atoms with Crippen LogP contribution in [0.2, 0.25) is 0 Å². The highest BCUT2D eigenvalue weighted by molar-refractivity contribution is 5.38. The number of rotatable bonds is 3. The van der Waals surface area contributed by atoms with Gasteiger partial charge in [-0.2, -0.15) is 0 Å². The van der Waals surface area contributed by atoms with Crippen LogP contribution in [0.4, 0.5) is 4.39 Å². The number of benzene rings is 1. The van der Waals surface area contributed by atoms with Crippen molar-refractivity contribution in [3.8, 4) is 11.8 Å². The summed E-state index contributed by atoms with van der Waals surface area (Å²) in [4.78, 5) is 4.86. The summed E-state index contributed by atoms with van der Waals surface area (Å²) in [6.45, 7) is 9.25. The molecule has 1 fully saturated rings. The zero-order valence-corrected chi connectivity index (χ0v) is 12.8. The smallest absolute Gasteiger partial charge is 0.138 e. The fourth-order valence-corrected chi connectivity index (χ4v) is 2.60. The predicted molar refractivity (Wildman–Crippen MR) is 82.3 cm³/mol. The lowest BCUT2D eigenvalue weighted by Crippen LogP contribution is -2.48. The molecular weight excluding hydrogens is 267 g/mol. The Labute approximate surface area is 126 Å². The van der Waals surface area contributed by atoms with Crippen LogP contribution in [0, 0.1) is 17.7 Å². The third kappa shape index (κ3) is 4.53. The van der Waals surface area contributed by atoms with E-state index in [4.69, 9.17) is 5.11 Å². The van der Waals surface area contributed by atoms with Crippen LogP contribution in [-0.4, -0.2) is 53.7 Å². The van der Waals surface area contributed by atoms with Gasteiger partial charge in [0.25, 0.3) is 0 Å². The Morgan fingerprint density at radius 2 is 1.95 bits per heavy atom. The zero-order valence-electron chi connectivity index (χ0n) is 12.8. The third-order valence-electron chi connectivity index (χ3n) is 3.88. The number of hydrogen-bond donors (Lipinski definition) is 1. The lowest BCUT2D eigenvalue weighted by atomic mass is 10.1. The van der Waals surface area contributed by atoms with Crippen molar-refractivity contribution < 1.29 is 9.50 Å². The molecule has 0 unspecified atom stereocenters. The van der Waals surface area contributed by atoms with Crippen molar-refractivity contribution in [1.29, 1.82) is 0 Å². The third-order valence-corrected chi connectivity index (χ3v) is 3.88. The van der Waals surface area contributed by atoms with Gasteiger partial charge in [-0.15, -0.1) is 0 Å². The van der Waals surface area contributed by atoms with Gasteiger partial charge in [0.15, 0.2) is 0 Å². The van der Waals surface area contributed by atoms with Crippen LogP contribution < -0.4 is 0 Å². The molecule has 0 spiro atoms. The van der Waals surface area contributed by atoms with Crippen molar-refractivity contribution in [2.45, 2.75) is 26.4 Å². The van der Waals surface area contributed by atoms with Crippen molar-refractivity contribution >= 4 is 0 Å². The van der Waals surface area contributed by atoms with E-state index in [1.807, 2.05) is 6.07 Å². The van der Waals surface area contributed by atoms with Crippen LogP contribution in [0.15, 0.2) is 18.2 Å². The Hall–Kier alpha value is -1.41. The fourth-order valence-electron chi connectivity index (χ4n) is 2.60. The molecule has 1 N–H and O–H groups in total. The molecule has 0 amide bonds. The molecule has 0 aliphatic carbocycles. The molecule has 1 aromatic rings. The summed E-state index contributed by atoms with van der Waals surface area (Å²) in [5.41, 5.74) is 1.43. The maximum atomic E-state index is 13.6. The molecular formula is C17H23FN2O. The Morgan fingerprint density at radius 1 is 1.24 bits per heavy atom. The Bertz CT molecular complexity index is 525. The first-order chi connectivity index (χ1) is 10.1. The molecule has 1 aliphatic rings. The van der Waals surface area contributed by atoms with Crippen LogP contribution in [0.3, 0.4) is 0 Å². The molecule has 2 rings (SSSR count). The highest BCUT2D eigenvalue weighted by Gasteiger charge is 2.18. The van der Waals surface area contributed by atoms with Gasteiger partial charge < -0.3 is 5.11 Å². The molecule has 1 saturated heterocycles. The second-order valence-corrected chi connectivity index (χ2v) is 5.68. The average molecular weight is 290 g/mol. The summed E-state index contributed by atoms with van der Waals surface area (Å²) in [7, 11) is 0. The maximum Gasteiger partial charge on any atom is 0.138 e. The molecule has 1 aliphatic heterocycles. The first-order valence-electron chi connectivity index (χ1n) is 7.44. The molecule has 1 heterocycles. The second kappa shape index (κ2) is 7.56. The molecule has 0 saturated carbocycles. The summed E-state index contributed by atoms with van der Waals surface area (Å²) in [6, 6.07) is 5.65. The van der Waals surface area contributed by atoms with E-state index in [2.05, 4.69) is 35.5 Å². The standard InChI is InChI=1S/C17H23FN2O/c1-14(2)20-9-7-19(8-10-20)13-15-5-6-17(18)16(12-15)4-3-11-21/h5-6,12,14,21H,7-11,13H2,1-2H3. The largest absolute Gasteiger partial charge is 0.384 e. The monoisotopic (exact) mass is 290 g/mol. The number of halogens is 1. The molecule has 0 aromatic heterocycles. The van der Waals surface area contributed by atoms with Crippen LogP contribution in [-0.2, 0) is 6.54 Å². The van der Waals surface area contributed by atoms with E-state index in [9.17, 15) is 4.39 Å². The molecule has 114 valence electrons. The quantitative estimate of drug-likeness (QED) is 0.858. The van der Waals surface area contributed by atoms with E-state index in [0.29, 0.717) is 11.6 Å². The summed E-state index contributed by atoms with van der Waals surface area (Å²) in [5.74, 6) is 4.83. The summed E-state index contributed by atoms with van der Waals surface area (Å²) < 4.78 is 13.6. The van der Waals surface area contributed by atoms with Gasteiger partial charge in [-0.3, -0.25) is 9.80 Å². The minimum Gasteiger partial charge on any atom is -0.384 e. The van der Waals surface area contributed by atoms with Gasteiger partial charge in [0.2, 0.25) is 0 Å². The summed E-state index contributed by atoms with van der Waals surface area (Å²) >= 11 is 0. The van der Waals surface area contributed by atoms with E-state index in [1.54, 1.807) is 6.07 Å². The van der Waals surface area contributed by atoms with Crippen molar-refractivity contribution in [2.24, 2.45) is 0 Å². The van der Waals surface area contributed by atoms with Gasteiger partial charge in [0, 0.05) is 38.8 Å². The van der Waals surface area contributed by atoms with Crippen molar-refractivity contribution in [3.05, 3.63) is 35.1 Å². The number of aliphatic hydroxyl groups excluding tert-OH is 1. The van der Waals surface area contributed by atoms with E-state index < -0.39 is 0 Å². The van der Waals surface area contributed by atoms with E-state index in [1.165, 1.54) is 6.07 Å². The molecule has 0 atom stereocenters. The highest BCUT2D eigenvalue weighted by Crippen LogP contribution is 2.14. The van der Waals surface area contributed by atoms with Crippen LogP contribution >= 0.6 is 0 Å². The Kier molecular flexibility index (Phi) is 5.75. The first kappa shape index (κ1) is 16.0. The van der Waals surface area contributed by atoms with Gasteiger partial charge in [-0.25, -0.2) is 4.39 Å². The molecule has 4 heteroatoms. The number of aliphatic hydroxyl groups is 1. The zero-order chi connectivity index (χ0) is 15.2. The van der Waals surface area contributed by atoms with Crippen LogP contribution in [0.25, 0.3) is 0 Å². The van der Waals surface area contributed by atoms with Gasteiger partial charge in [-0.1, -0.05) is 17.9 Å². The molecule has 21 heavy (non-hydrogen) atoms. The van der Waals surface area contributed by atoms with Gasteiger partial charge in [-0.05, 0) is 31.5 Å². The van der Waals surface area contributed by atoms with E-state index in [-0.39, 0.29) is 12.4 Å². The van der Waals surface area contributed by atoms with E-state index >= 15 is 0 Å². The molecule has 3 nitrogen and oxygen atoms in total. The average Bonchev–Trinajstić information content (AvgIpc) is 2.48. The Balaban J connectivity index is 1.98. The second-order valence-electron chi connectivity index (χ2n) is 5.68. The van der Waals surface area contributed by atoms with Crippen molar-refractivity contribution in [3.63, 3.8) is 0 Å². The maximum absolute atomic E-state index is 13.6. The minimum atomic E-state index is -0.329. The highest BCUT2D eigenvalue weighted by atomic mass is 19.1. The SMILES string of the molecule is CC(C)N1CCN(Cc2ccc(F)c(C#CCO)c2)CC1. The molecule has 0 bridgehead atoms. The van der Waals surface area contributed by atoms with Crippen LogP contribution in [0.1, 0.15) is 25.0 Å². The first-order valence-corrected chi connectivity index (χ1v) is 7.44. The fraction of sp³-hybridized carbons (Fsp3) is 0.529. The minimum absolute atomic E-state index is 0.249. The lowest BCUT2D eigenvalue weighted by Gasteiger charge is -2.36. The number of piperazine rings is 1. The molecule has 0 radical (unpaired) electrons. The predicted octanol–water partition coefficient (Wildman–Crippen LogP) is 1.70. The van der Waals surface area contributed by atoms with Gasteiger partial charge in [0.05, 0.1) is 5.56 Å². The summed E-state index contributed by atoms with van der Waals surface area (Å²) in [6.07, 6.45) is 0. The van der Waals surface area contributed by atoms with Gasteiger partial charge >= 0.3 is 0 Å².